The topological polar surface area (TPSA) is 49.7 Å². The van der Waals surface area contributed by atoms with Crippen molar-refractivity contribution in [2.45, 2.75) is 77.6 Å². The lowest BCUT2D eigenvalue weighted by Crippen LogP contribution is -2.20. The largest absolute Gasteiger partial charge is 0.707 e. The maximum absolute atomic E-state index is 15.1. The minimum absolute atomic E-state index is 0.192. The van der Waals surface area contributed by atoms with Crippen molar-refractivity contribution < 1.29 is 19.1 Å². The van der Waals surface area contributed by atoms with Crippen molar-refractivity contribution in [3.63, 3.8) is 0 Å². The van der Waals surface area contributed by atoms with Crippen molar-refractivity contribution in [3.8, 4) is 16.9 Å². The Hall–Kier alpha value is -1.85. The summed E-state index contributed by atoms with van der Waals surface area (Å²) >= 11 is 0. The van der Waals surface area contributed by atoms with E-state index < -0.39 is 7.32 Å². The van der Waals surface area contributed by atoms with Crippen molar-refractivity contribution in [1.29, 1.82) is 0 Å². The summed E-state index contributed by atoms with van der Waals surface area (Å²) in [6.45, 7) is 4.24. The molecule has 0 unspecified atom stereocenters. The molecule has 0 bridgehead atoms. The second-order valence-corrected chi connectivity index (χ2v) is 8.57. The van der Waals surface area contributed by atoms with Gasteiger partial charge in [-0.3, -0.25) is 0 Å². The maximum atomic E-state index is 15.1. The van der Waals surface area contributed by atoms with Gasteiger partial charge in [-0.05, 0) is 78.8 Å². The molecule has 3 rings (SSSR count). The van der Waals surface area contributed by atoms with Crippen LogP contribution in [0.15, 0.2) is 36.4 Å². The Balaban J connectivity index is 1.70. The third kappa shape index (κ3) is 5.86. The molecule has 0 atom stereocenters. The van der Waals surface area contributed by atoms with Crippen LogP contribution in [0.5, 0.6) is 5.75 Å². The van der Waals surface area contributed by atoms with Crippen LogP contribution in [0.2, 0.25) is 0 Å². The summed E-state index contributed by atoms with van der Waals surface area (Å²) in [6, 6.07) is 10.9. The first-order chi connectivity index (χ1) is 14.5. The van der Waals surface area contributed by atoms with E-state index in [0.29, 0.717) is 23.7 Å². The Labute approximate surface area is 180 Å². The van der Waals surface area contributed by atoms with Crippen LogP contribution in [0.3, 0.4) is 0 Å². The number of aryl methyl sites for hydroxylation is 1. The van der Waals surface area contributed by atoms with E-state index in [1.165, 1.54) is 38.5 Å². The number of benzene rings is 2. The first-order valence-electron chi connectivity index (χ1n) is 11.5. The van der Waals surface area contributed by atoms with Crippen LogP contribution >= 0.6 is 0 Å². The van der Waals surface area contributed by atoms with Crippen molar-refractivity contribution >= 4 is 7.32 Å². The Morgan fingerprint density at radius 1 is 0.967 bits per heavy atom. The van der Waals surface area contributed by atoms with E-state index in [-0.39, 0.29) is 5.82 Å². The smallest absolute Gasteiger partial charge is 0.512 e. The molecule has 2 aromatic carbocycles. The van der Waals surface area contributed by atoms with Gasteiger partial charge in [0, 0.05) is 5.56 Å². The standard InChI is InChI=1S/C25H34BFO3/c1-3-5-6-7-18-8-10-20(11-9-18)21-12-14-24(25(27)17-21)23-15-13-22(30-26(28)29)16-19(23)4-2/h12-18,20,28-29H,3-11H2,1-2H3. The molecule has 1 fully saturated rings. The molecular formula is C25H34BFO3. The monoisotopic (exact) mass is 412 g/mol. The van der Waals surface area contributed by atoms with E-state index in [0.717, 1.165) is 35.4 Å². The number of rotatable bonds is 9. The molecule has 0 saturated heterocycles. The molecular weight excluding hydrogens is 378 g/mol. The van der Waals surface area contributed by atoms with Crippen LogP contribution in [0, 0.1) is 11.7 Å². The van der Waals surface area contributed by atoms with Gasteiger partial charge in [-0.2, -0.15) is 0 Å². The normalized spacial score (nSPS) is 19.0. The van der Waals surface area contributed by atoms with Crippen molar-refractivity contribution in [1.82, 2.24) is 0 Å². The predicted octanol–water partition coefficient (Wildman–Crippen LogP) is 6.26. The number of halogens is 1. The zero-order valence-corrected chi connectivity index (χ0v) is 18.2. The molecule has 1 saturated carbocycles. The minimum Gasteiger partial charge on any atom is -0.512 e. The molecule has 2 aromatic rings. The molecule has 2 N–H and O–H groups in total. The quantitative estimate of drug-likeness (QED) is 0.378. The molecule has 0 aromatic heterocycles. The van der Waals surface area contributed by atoms with Crippen LogP contribution < -0.4 is 4.65 Å². The van der Waals surface area contributed by atoms with Gasteiger partial charge >= 0.3 is 7.32 Å². The fourth-order valence-electron chi connectivity index (χ4n) is 4.79. The van der Waals surface area contributed by atoms with Gasteiger partial charge in [-0.25, -0.2) is 4.39 Å². The van der Waals surface area contributed by atoms with Gasteiger partial charge in [-0.1, -0.05) is 57.7 Å². The van der Waals surface area contributed by atoms with Gasteiger partial charge in [0.1, 0.15) is 11.6 Å². The SMILES string of the molecule is CCCCCC1CCC(c2ccc(-c3ccc(OB(O)O)cc3CC)c(F)c2)CC1. The zero-order chi connectivity index (χ0) is 21.5. The number of hydrogen-bond acceptors (Lipinski definition) is 3. The summed E-state index contributed by atoms with van der Waals surface area (Å²) in [5.74, 6) is 1.48. The summed E-state index contributed by atoms with van der Waals surface area (Å²) in [5, 5.41) is 18.0. The van der Waals surface area contributed by atoms with E-state index in [4.69, 9.17) is 14.7 Å². The molecule has 1 aliphatic rings. The highest BCUT2D eigenvalue weighted by Gasteiger charge is 2.23. The summed E-state index contributed by atoms with van der Waals surface area (Å²) < 4.78 is 20.0. The summed E-state index contributed by atoms with van der Waals surface area (Å²) in [6.07, 6.45) is 10.8. The second-order valence-electron chi connectivity index (χ2n) is 8.57. The third-order valence-corrected chi connectivity index (χ3v) is 6.52. The average Bonchev–Trinajstić information content (AvgIpc) is 2.74. The average molecular weight is 412 g/mol. The van der Waals surface area contributed by atoms with Crippen molar-refractivity contribution in [3.05, 3.63) is 53.3 Å². The molecule has 162 valence electrons. The van der Waals surface area contributed by atoms with E-state index >= 15 is 4.39 Å². The van der Waals surface area contributed by atoms with E-state index in [2.05, 4.69) is 13.0 Å². The van der Waals surface area contributed by atoms with Crippen LogP contribution in [0.25, 0.3) is 11.1 Å². The Kier molecular flexibility index (Phi) is 8.35. The lowest BCUT2D eigenvalue weighted by atomic mass is 9.77. The van der Waals surface area contributed by atoms with Gasteiger partial charge < -0.3 is 14.7 Å². The van der Waals surface area contributed by atoms with Crippen LogP contribution in [-0.4, -0.2) is 17.4 Å². The molecule has 3 nitrogen and oxygen atoms in total. The van der Waals surface area contributed by atoms with E-state index in [1.807, 2.05) is 13.0 Å². The Morgan fingerprint density at radius 3 is 2.33 bits per heavy atom. The minimum atomic E-state index is -1.86. The van der Waals surface area contributed by atoms with Crippen molar-refractivity contribution in [2.24, 2.45) is 5.92 Å². The maximum Gasteiger partial charge on any atom is 0.707 e. The molecule has 0 aliphatic heterocycles. The van der Waals surface area contributed by atoms with Gasteiger partial charge in [0.2, 0.25) is 0 Å². The lowest BCUT2D eigenvalue weighted by molar-refractivity contribution is 0.288. The van der Waals surface area contributed by atoms with E-state index in [1.54, 1.807) is 24.3 Å². The Morgan fingerprint density at radius 2 is 1.70 bits per heavy atom. The highest BCUT2D eigenvalue weighted by Crippen LogP contribution is 2.39. The summed E-state index contributed by atoms with van der Waals surface area (Å²) in [4.78, 5) is 0. The molecule has 0 radical (unpaired) electrons. The Bertz CT molecular complexity index is 816. The summed E-state index contributed by atoms with van der Waals surface area (Å²) in [5.41, 5.74) is 3.43. The van der Waals surface area contributed by atoms with Gasteiger partial charge in [0.15, 0.2) is 0 Å². The molecule has 1 aliphatic carbocycles. The molecule has 0 spiro atoms. The third-order valence-electron chi connectivity index (χ3n) is 6.52. The second kappa shape index (κ2) is 11.0. The highest BCUT2D eigenvalue weighted by molar-refractivity contribution is 6.33. The molecule has 30 heavy (non-hydrogen) atoms. The van der Waals surface area contributed by atoms with Crippen molar-refractivity contribution in [2.75, 3.05) is 0 Å². The van der Waals surface area contributed by atoms with Gasteiger partial charge in [0.05, 0.1) is 0 Å². The molecule has 0 amide bonds. The fourth-order valence-corrected chi connectivity index (χ4v) is 4.79. The number of unbranched alkanes of at least 4 members (excludes halogenated alkanes) is 2. The van der Waals surface area contributed by atoms with Gasteiger partial charge in [-0.15, -0.1) is 0 Å². The molecule has 5 heteroatoms. The van der Waals surface area contributed by atoms with Crippen LogP contribution in [0.4, 0.5) is 4.39 Å². The van der Waals surface area contributed by atoms with Crippen LogP contribution in [-0.2, 0) is 6.42 Å². The summed E-state index contributed by atoms with van der Waals surface area (Å²) in [7, 11) is -1.86. The first kappa shape index (κ1) is 22.8. The van der Waals surface area contributed by atoms with Gasteiger partial charge in [0.25, 0.3) is 0 Å². The highest BCUT2D eigenvalue weighted by atomic mass is 19.1. The fraction of sp³-hybridized carbons (Fsp3) is 0.520. The van der Waals surface area contributed by atoms with Crippen LogP contribution in [0.1, 0.15) is 82.3 Å². The predicted molar refractivity (Wildman–Crippen MR) is 121 cm³/mol. The number of hydrogen-bond donors (Lipinski definition) is 2. The molecule has 0 heterocycles. The lowest BCUT2D eigenvalue weighted by Gasteiger charge is -2.29. The first-order valence-corrected chi connectivity index (χ1v) is 11.5. The zero-order valence-electron chi connectivity index (χ0n) is 18.2. The van der Waals surface area contributed by atoms with E-state index in [9.17, 15) is 0 Å².